The number of rotatable bonds is 3. The summed E-state index contributed by atoms with van der Waals surface area (Å²) in [5.74, 6) is -0.411. The Hall–Kier alpha value is -1.92. The molecule has 0 aromatic carbocycles. The molecule has 1 aromatic rings. The fourth-order valence-corrected chi connectivity index (χ4v) is 2.56. The Morgan fingerprint density at radius 2 is 1.91 bits per heavy atom. The maximum Gasteiger partial charge on any atom is 0.433 e. The van der Waals surface area contributed by atoms with Gasteiger partial charge >= 0.3 is 6.18 Å². The summed E-state index contributed by atoms with van der Waals surface area (Å²) in [5, 5.41) is 0. The van der Waals surface area contributed by atoms with Crippen molar-refractivity contribution in [1.82, 2.24) is 9.88 Å². The van der Waals surface area contributed by atoms with Crippen molar-refractivity contribution in [3.05, 3.63) is 29.6 Å². The van der Waals surface area contributed by atoms with Crippen molar-refractivity contribution in [2.24, 2.45) is 5.92 Å². The van der Waals surface area contributed by atoms with E-state index in [2.05, 4.69) is 4.98 Å². The molecule has 1 aliphatic rings. The minimum Gasteiger partial charge on any atom is -0.343 e. The fourth-order valence-electron chi connectivity index (χ4n) is 2.56. The van der Waals surface area contributed by atoms with Gasteiger partial charge in [-0.3, -0.25) is 14.6 Å². The summed E-state index contributed by atoms with van der Waals surface area (Å²) < 4.78 is 37.3. The maximum absolute atomic E-state index is 12.4. The fraction of sp³-hybridized carbons (Fsp3) is 0.533. The zero-order valence-corrected chi connectivity index (χ0v) is 12.2. The van der Waals surface area contributed by atoms with Crippen LogP contribution in [-0.4, -0.2) is 34.7 Å². The number of hydrogen-bond donors (Lipinski definition) is 0. The number of alkyl halides is 3. The molecule has 0 saturated carbocycles. The van der Waals surface area contributed by atoms with Gasteiger partial charge in [-0.15, -0.1) is 0 Å². The summed E-state index contributed by atoms with van der Waals surface area (Å²) in [7, 11) is 0. The van der Waals surface area contributed by atoms with Crippen molar-refractivity contribution in [2.75, 3.05) is 13.1 Å². The van der Waals surface area contributed by atoms with Gasteiger partial charge < -0.3 is 4.90 Å². The number of aromatic nitrogens is 1. The standard InChI is InChI=1S/C15H17F3N2O2/c1-2-13(21)20-7-5-10(6-8-20)14(22)11-3-4-12(19-9-11)15(16,17)18/h3-4,9-10H,2,5-8H2,1H3. The molecule has 0 radical (unpaired) electrons. The number of pyridine rings is 1. The first-order valence-corrected chi connectivity index (χ1v) is 7.18. The van der Waals surface area contributed by atoms with E-state index < -0.39 is 11.9 Å². The topological polar surface area (TPSA) is 50.3 Å². The molecule has 1 amide bonds. The molecule has 1 aromatic heterocycles. The molecule has 2 heterocycles. The van der Waals surface area contributed by atoms with Crippen molar-refractivity contribution in [1.29, 1.82) is 0 Å². The van der Waals surface area contributed by atoms with Crippen LogP contribution in [0.1, 0.15) is 42.2 Å². The molecule has 22 heavy (non-hydrogen) atoms. The second-order valence-corrected chi connectivity index (χ2v) is 5.30. The zero-order chi connectivity index (χ0) is 16.3. The molecular formula is C15H17F3N2O2. The summed E-state index contributed by atoms with van der Waals surface area (Å²) in [6.07, 6.45) is -2.03. The third kappa shape index (κ3) is 3.64. The van der Waals surface area contributed by atoms with E-state index in [1.54, 1.807) is 11.8 Å². The van der Waals surface area contributed by atoms with E-state index in [1.807, 2.05) is 0 Å². The van der Waals surface area contributed by atoms with Crippen LogP contribution in [-0.2, 0) is 11.0 Å². The molecule has 2 rings (SSSR count). The number of hydrogen-bond acceptors (Lipinski definition) is 3. The Morgan fingerprint density at radius 1 is 1.27 bits per heavy atom. The zero-order valence-electron chi connectivity index (χ0n) is 12.2. The summed E-state index contributed by atoms with van der Waals surface area (Å²) in [6, 6.07) is 1.99. The lowest BCUT2D eigenvalue weighted by Gasteiger charge is -2.31. The SMILES string of the molecule is CCC(=O)N1CCC(C(=O)c2ccc(C(F)(F)F)nc2)CC1. The van der Waals surface area contributed by atoms with Gasteiger partial charge in [-0.1, -0.05) is 6.92 Å². The van der Waals surface area contributed by atoms with Crippen LogP contribution in [0.3, 0.4) is 0 Å². The molecule has 0 unspecified atom stereocenters. The van der Waals surface area contributed by atoms with Crippen molar-refractivity contribution in [3.8, 4) is 0 Å². The molecule has 4 nitrogen and oxygen atoms in total. The molecule has 1 saturated heterocycles. The van der Waals surface area contributed by atoms with Crippen LogP contribution in [0, 0.1) is 5.92 Å². The molecule has 120 valence electrons. The highest BCUT2D eigenvalue weighted by atomic mass is 19.4. The lowest BCUT2D eigenvalue weighted by Crippen LogP contribution is -2.40. The Balaban J connectivity index is 2.00. The van der Waals surface area contributed by atoms with Crippen LogP contribution in [0.15, 0.2) is 18.3 Å². The minimum atomic E-state index is -4.51. The van der Waals surface area contributed by atoms with Crippen molar-refractivity contribution >= 4 is 11.7 Å². The van der Waals surface area contributed by atoms with Crippen molar-refractivity contribution < 1.29 is 22.8 Å². The normalized spacial score (nSPS) is 16.6. The van der Waals surface area contributed by atoms with Gasteiger partial charge in [0.25, 0.3) is 0 Å². The van der Waals surface area contributed by atoms with Crippen LogP contribution < -0.4 is 0 Å². The lowest BCUT2D eigenvalue weighted by molar-refractivity contribution is -0.141. The van der Waals surface area contributed by atoms with Crippen LogP contribution in [0.4, 0.5) is 13.2 Å². The van der Waals surface area contributed by atoms with Crippen molar-refractivity contribution in [2.45, 2.75) is 32.4 Å². The number of piperidine rings is 1. The summed E-state index contributed by atoms with van der Waals surface area (Å²) >= 11 is 0. The molecule has 1 aliphatic heterocycles. The first-order valence-electron chi connectivity index (χ1n) is 7.18. The highest BCUT2D eigenvalue weighted by molar-refractivity contribution is 5.97. The maximum atomic E-state index is 12.4. The van der Waals surface area contributed by atoms with E-state index in [1.165, 1.54) is 6.07 Å². The number of ketones is 1. The van der Waals surface area contributed by atoms with Gasteiger partial charge in [0.05, 0.1) is 0 Å². The Morgan fingerprint density at radius 3 is 2.36 bits per heavy atom. The Bertz CT molecular complexity index is 547. The highest BCUT2D eigenvalue weighted by Gasteiger charge is 2.33. The van der Waals surface area contributed by atoms with Crippen molar-refractivity contribution in [3.63, 3.8) is 0 Å². The summed E-state index contributed by atoms with van der Waals surface area (Å²) in [5.41, 5.74) is -0.819. The molecule has 1 fully saturated rings. The molecule has 7 heteroatoms. The quantitative estimate of drug-likeness (QED) is 0.806. The van der Waals surface area contributed by atoms with Gasteiger partial charge in [0.15, 0.2) is 5.78 Å². The third-order valence-corrected chi connectivity index (χ3v) is 3.86. The van der Waals surface area contributed by atoms with E-state index in [9.17, 15) is 22.8 Å². The van der Waals surface area contributed by atoms with Gasteiger partial charge in [0.2, 0.25) is 5.91 Å². The highest BCUT2D eigenvalue weighted by Crippen LogP contribution is 2.28. The second kappa shape index (κ2) is 6.46. The Labute approximate surface area is 126 Å². The molecule has 0 atom stereocenters. The van der Waals surface area contributed by atoms with Gasteiger partial charge in [-0.05, 0) is 25.0 Å². The van der Waals surface area contributed by atoms with Crippen LogP contribution in [0.5, 0.6) is 0 Å². The number of amides is 1. The van der Waals surface area contributed by atoms with E-state index >= 15 is 0 Å². The van der Waals surface area contributed by atoms with E-state index in [0.29, 0.717) is 32.4 Å². The van der Waals surface area contributed by atoms with Crippen LogP contribution >= 0.6 is 0 Å². The number of halogens is 3. The van der Waals surface area contributed by atoms with E-state index in [-0.39, 0.29) is 23.2 Å². The molecule has 0 bridgehead atoms. The summed E-state index contributed by atoms with van der Waals surface area (Å²) in [4.78, 5) is 28.9. The number of Topliss-reactive ketones (excluding diaryl/α,β-unsaturated/α-hetero) is 1. The Kier molecular flexibility index (Phi) is 4.83. The number of carbonyl (C=O) groups is 2. The predicted molar refractivity (Wildman–Crippen MR) is 73.2 cm³/mol. The van der Waals surface area contributed by atoms with Crippen LogP contribution in [0.2, 0.25) is 0 Å². The first-order chi connectivity index (χ1) is 10.3. The molecular weight excluding hydrogens is 297 g/mol. The number of carbonyl (C=O) groups excluding carboxylic acids is 2. The smallest absolute Gasteiger partial charge is 0.343 e. The van der Waals surface area contributed by atoms with Gasteiger partial charge in [0, 0.05) is 37.2 Å². The molecule has 0 spiro atoms. The second-order valence-electron chi connectivity index (χ2n) is 5.30. The molecule has 0 aliphatic carbocycles. The monoisotopic (exact) mass is 314 g/mol. The van der Waals surface area contributed by atoms with Crippen LogP contribution in [0.25, 0.3) is 0 Å². The summed E-state index contributed by atoms with van der Waals surface area (Å²) in [6.45, 7) is 2.81. The predicted octanol–water partition coefficient (Wildman–Crippen LogP) is 2.93. The van der Waals surface area contributed by atoms with Gasteiger partial charge in [-0.25, -0.2) is 0 Å². The first kappa shape index (κ1) is 16.5. The minimum absolute atomic E-state index is 0.0575. The van der Waals surface area contributed by atoms with E-state index in [4.69, 9.17) is 0 Å². The lowest BCUT2D eigenvalue weighted by atomic mass is 9.89. The van der Waals surface area contributed by atoms with Gasteiger partial charge in [-0.2, -0.15) is 13.2 Å². The number of likely N-dealkylation sites (tertiary alicyclic amines) is 1. The average Bonchev–Trinajstić information content (AvgIpc) is 2.53. The van der Waals surface area contributed by atoms with Gasteiger partial charge in [0.1, 0.15) is 5.69 Å². The average molecular weight is 314 g/mol. The third-order valence-electron chi connectivity index (χ3n) is 3.86. The van der Waals surface area contributed by atoms with E-state index in [0.717, 1.165) is 12.3 Å². The number of nitrogens with zero attached hydrogens (tertiary/aromatic N) is 2. The largest absolute Gasteiger partial charge is 0.433 e. The molecule has 0 N–H and O–H groups in total.